The summed E-state index contributed by atoms with van der Waals surface area (Å²) in [7, 11) is 0. The second-order valence-corrected chi connectivity index (χ2v) is 3.27. The van der Waals surface area contributed by atoms with Crippen LogP contribution in [0.2, 0.25) is 0 Å². The highest BCUT2D eigenvalue weighted by Gasteiger charge is 2.22. The normalized spacial score (nSPS) is 23.6. The molecule has 0 fully saturated rings. The number of hydrogen-bond donors (Lipinski definition) is 1. The summed E-state index contributed by atoms with van der Waals surface area (Å²) in [6, 6.07) is -0.0538. The lowest BCUT2D eigenvalue weighted by Crippen LogP contribution is -2.31. The standard InChI is InChI=1S/C10H15NO4/c1-3-14-10(13)15-9-5-4-8(6-9)11-7(2)12/h4-5,8-9H,3,6H2,1-2H3,(H,11,12)/t8-,9+/m0/s1. The van der Waals surface area contributed by atoms with E-state index in [1.54, 1.807) is 13.0 Å². The molecule has 84 valence electrons. The third kappa shape index (κ3) is 4.01. The first kappa shape index (κ1) is 11.6. The topological polar surface area (TPSA) is 64.6 Å². The zero-order chi connectivity index (χ0) is 11.3. The van der Waals surface area contributed by atoms with Crippen LogP contribution in [0, 0.1) is 0 Å². The summed E-state index contributed by atoms with van der Waals surface area (Å²) in [6.45, 7) is 3.46. The molecular weight excluding hydrogens is 198 g/mol. The molecule has 2 atom stereocenters. The minimum absolute atomic E-state index is 0.0538. The summed E-state index contributed by atoms with van der Waals surface area (Å²) >= 11 is 0. The van der Waals surface area contributed by atoms with Crippen molar-refractivity contribution in [3.8, 4) is 0 Å². The molecule has 0 aromatic rings. The van der Waals surface area contributed by atoms with Crippen LogP contribution in [-0.2, 0) is 14.3 Å². The number of amides is 1. The van der Waals surface area contributed by atoms with Crippen molar-refractivity contribution in [1.29, 1.82) is 0 Å². The van der Waals surface area contributed by atoms with E-state index in [4.69, 9.17) is 4.74 Å². The molecule has 0 radical (unpaired) electrons. The third-order valence-electron chi connectivity index (χ3n) is 1.94. The molecule has 0 aliphatic heterocycles. The summed E-state index contributed by atoms with van der Waals surface area (Å²) in [5, 5.41) is 2.72. The first-order valence-electron chi connectivity index (χ1n) is 4.90. The first-order chi connectivity index (χ1) is 7.11. The van der Waals surface area contributed by atoms with E-state index in [1.807, 2.05) is 6.08 Å². The van der Waals surface area contributed by atoms with Crippen LogP contribution >= 0.6 is 0 Å². The van der Waals surface area contributed by atoms with Gasteiger partial charge in [0.2, 0.25) is 5.91 Å². The Morgan fingerprint density at radius 1 is 1.47 bits per heavy atom. The third-order valence-corrected chi connectivity index (χ3v) is 1.94. The number of hydrogen-bond acceptors (Lipinski definition) is 4. The van der Waals surface area contributed by atoms with Crippen LogP contribution in [0.5, 0.6) is 0 Å². The fourth-order valence-corrected chi connectivity index (χ4v) is 1.40. The second kappa shape index (κ2) is 5.38. The summed E-state index contributed by atoms with van der Waals surface area (Å²) < 4.78 is 9.60. The van der Waals surface area contributed by atoms with Gasteiger partial charge in [0.1, 0.15) is 6.10 Å². The van der Waals surface area contributed by atoms with E-state index in [1.165, 1.54) is 6.92 Å². The minimum Gasteiger partial charge on any atom is -0.435 e. The quantitative estimate of drug-likeness (QED) is 0.561. The van der Waals surface area contributed by atoms with Crippen molar-refractivity contribution in [2.45, 2.75) is 32.4 Å². The molecule has 1 N–H and O–H groups in total. The molecule has 0 heterocycles. The van der Waals surface area contributed by atoms with Crippen molar-refractivity contribution in [1.82, 2.24) is 5.32 Å². The predicted molar refractivity (Wildman–Crippen MR) is 53.3 cm³/mol. The zero-order valence-corrected chi connectivity index (χ0v) is 8.86. The Balaban J connectivity index is 2.28. The van der Waals surface area contributed by atoms with E-state index in [2.05, 4.69) is 10.1 Å². The molecule has 0 unspecified atom stereocenters. The number of rotatable bonds is 3. The van der Waals surface area contributed by atoms with Crippen molar-refractivity contribution < 1.29 is 19.1 Å². The van der Waals surface area contributed by atoms with Gasteiger partial charge in [-0.2, -0.15) is 0 Å². The van der Waals surface area contributed by atoms with Gasteiger partial charge in [0, 0.05) is 13.3 Å². The van der Waals surface area contributed by atoms with Gasteiger partial charge < -0.3 is 14.8 Å². The van der Waals surface area contributed by atoms with Crippen molar-refractivity contribution in [2.24, 2.45) is 0 Å². The Bertz CT molecular complexity index is 275. The maximum absolute atomic E-state index is 11.0. The Morgan fingerprint density at radius 3 is 2.80 bits per heavy atom. The fraction of sp³-hybridized carbons (Fsp3) is 0.600. The van der Waals surface area contributed by atoms with Crippen LogP contribution in [0.3, 0.4) is 0 Å². The molecule has 15 heavy (non-hydrogen) atoms. The average Bonchev–Trinajstić information content (AvgIpc) is 2.51. The van der Waals surface area contributed by atoms with Gasteiger partial charge in [0.15, 0.2) is 0 Å². The van der Waals surface area contributed by atoms with E-state index < -0.39 is 6.16 Å². The molecule has 0 spiro atoms. The van der Waals surface area contributed by atoms with Crippen LogP contribution in [0.15, 0.2) is 12.2 Å². The highest BCUT2D eigenvalue weighted by Crippen LogP contribution is 2.14. The zero-order valence-electron chi connectivity index (χ0n) is 8.86. The molecule has 0 aromatic heterocycles. The Hall–Kier alpha value is -1.52. The summed E-state index contributed by atoms with van der Waals surface area (Å²) in [6.07, 6.45) is 3.15. The van der Waals surface area contributed by atoms with E-state index in [0.29, 0.717) is 13.0 Å². The van der Waals surface area contributed by atoms with Gasteiger partial charge in [0.25, 0.3) is 0 Å². The molecule has 1 rings (SSSR count). The maximum atomic E-state index is 11.0. The van der Waals surface area contributed by atoms with Crippen molar-refractivity contribution in [2.75, 3.05) is 6.61 Å². The summed E-state index contributed by atoms with van der Waals surface area (Å²) in [5.41, 5.74) is 0. The Kier molecular flexibility index (Phi) is 4.15. The van der Waals surface area contributed by atoms with Crippen molar-refractivity contribution in [3.63, 3.8) is 0 Å². The van der Waals surface area contributed by atoms with Gasteiger partial charge in [-0.05, 0) is 13.0 Å². The van der Waals surface area contributed by atoms with E-state index in [-0.39, 0.29) is 18.1 Å². The van der Waals surface area contributed by atoms with Crippen LogP contribution in [0.1, 0.15) is 20.3 Å². The molecule has 0 aromatic carbocycles. The first-order valence-corrected chi connectivity index (χ1v) is 4.90. The molecule has 0 bridgehead atoms. The van der Waals surface area contributed by atoms with Crippen LogP contribution in [0.25, 0.3) is 0 Å². The van der Waals surface area contributed by atoms with E-state index in [0.717, 1.165) is 0 Å². The summed E-state index contributed by atoms with van der Waals surface area (Å²) in [5.74, 6) is -0.0959. The van der Waals surface area contributed by atoms with Crippen LogP contribution < -0.4 is 5.32 Å². The van der Waals surface area contributed by atoms with Crippen molar-refractivity contribution in [3.05, 3.63) is 12.2 Å². The smallest absolute Gasteiger partial charge is 0.435 e. The van der Waals surface area contributed by atoms with Gasteiger partial charge in [0.05, 0.1) is 12.6 Å². The molecule has 5 heteroatoms. The molecular formula is C10H15NO4. The molecule has 0 saturated carbocycles. The average molecular weight is 213 g/mol. The van der Waals surface area contributed by atoms with Gasteiger partial charge in [-0.25, -0.2) is 4.79 Å². The highest BCUT2D eigenvalue weighted by molar-refractivity contribution is 5.73. The lowest BCUT2D eigenvalue weighted by molar-refractivity contribution is -0.119. The van der Waals surface area contributed by atoms with Gasteiger partial charge in [-0.3, -0.25) is 4.79 Å². The molecule has 1 aliphatic rings. The largest absolute Gasteiger partial charge is 0.508 e. The SMILES string of the molecule is CCOC(=O)O[C@@H]1C=C[C@H](NC(C)=O)C1. The van der Waals surface area contributed by atoms with Gasteiger partial charge in [-0.15, -0.1) is 0 Å². The Morgan fingerprint density at radius 2 is 2.20 bits per heavy atom. The summed E-state index contributed by atoms with van der Waals surface area (Å²) in [4.78, 5) is 21.7. The number of carbonyl (C=O) groups excluding carboxylic acids is 2. The molecule has 0 saturated heterocycles. The second-order valence-electron chi connectivity index (χ2n) is 3.27. The van der Waals surface area contributed by atoms with Crippen LogP contribution in [0.4, 0.5) is 4.79 Å². The molecule has 1 amide bonds. The Labute approximate surface area is 88.4 Å². The minimum atomic E-state index is -0.671. The highest BCUT2D eigenvalue weighted by atomic mass is 16.7. The van der Waals surface area contributed by atoms with E-state index >= 15 is 0 Å². The predicted octanol–water partition coefficient (Wildman–Crippen LogP) is 0.993. The fourth-order valence-electron chi connectivity index (χ4n) is 1.40. The van der Waals surface area contributed by atoms with Crippen molar-refractivity contribution >= 4 is 12.1 Å². The lowest BCUT2D eigenvalue weighted by atomic mass is 10.2. The molecule has 1 aliphatic carbocycles. The maximum Gasteiger partial charge on any atom is 0.508 e. The van der Waals surface area contributed by atoms with Gasteiger partial charge >= 0.3 is 6.16 Å². The number of nitrogens with one attached hydrogen (secondary N) is 1. The lowest BCUT2D eigenvalue weighted by Gasteiger charge is -2.13. The monoisotopic (exact) mass is 213 g/mol. The van der Waals surface area contributed by atoms with E-state index in [9.17, 15) is 9.59 Å². The van der Waals surface area contributed by atoms with Gasteiger partial charge in [-0.1, -0.05) is 6.08 Å². The number of carbonyl (C=O) groups is 2. The molecule has 5 nitrogen and oxygen atoms in total. The van der Waals surface area contributed by atoms with Crippen LogP contribution in [-0.4, -0.2) is 30.8 Å². The number of ether oxygens (including phenoxy) is 2.